The minimum Gasteiger partial charge on any atom is -0.497 e. The van der Waals surface area contributed by atoms with E-state index in [0.29, 0.717) is 11.4 Å². The van der Waals surface area contributed by atoms with E-state index in [1.165, 1.54) is 0 Å². The first kappa shape index (κ1) is 19.7. The van der Waals surface area contributed by atoms with Gasteiger partial charge in [-0.05, 0) is 47.5 Å². The molecule has 0 radical (unpaired) electrons. The van der Waals surface area contributed by atoms with Crippen molar-refractivity contribution in [1.29, 1.82) is 0 Å². The number of rotatable bonds is 3. The fraction of sp³-hybridized carbons (Fsp3) is 0.192. The van der Waals surface area contributed by atoms with E-state index in [2.05, 4.69) is 16.7 Å². The molecule has 156 valence electrons. The number of hydrogen-bond donors (Lipinski definition) is 2. The maximum atomic E-state index is 13.5. The van der Waals surface area contributed by atoms with Gasteiger partial charge in [0.25, 0.3) is 0 Å². The summed E-state index contributed by atoms with van der Waals surface area (Å²) in [5, 5.41) is 7.81. The Hall–Kier alpha value is -3.24. The molecule has 2 N–H and O–H groups in total. The lowest BCUT2D eigenvalue weighted by molar-refractivity contribution is -0.122. The van der Waals surface area contributed by atoms with Crippen molar-refractivity contribution in [2.24, 2.45) is 5.92 Å². The second-order valence-electron chi connectivity index (χ2n) is 8.00. The summed E-state index contributed by atoms with van der Waals surface area (Å²) >= 11 is 6.29. The van der Waals surface area contributed by atoms with E-state index in [9.17, 15) is 4.79 Å². The number of ketones is 1. The zero-order valence-corrected chi connectivity index (χ0v) is 17.9. The van der Waals surface area contributed by atoms with Crippen molar-refractivity contribution < 1.29 is 9.53 Å². The summed E-state index contributed by atoms with van der Waals surface area (Å²) in [5.41, 5.74) is 4.97. The average molecular weight is 431 g/mol. The molecule has 0 saturated heterocycles. The Labute approximate surface area is 186 Å². The van der Waals surface area contributed by atoms with Crippen LogP contribution in [0.25, 0.3) is 0 Å². The fourth-order valence-corrected chi connectivity index (χ4v) is 4.75. The topological polar surface area (TPSA) is 50.4 Å². The highest BCUT2D eigenvalue weighted by molar-refractivity contribution is 6.30. The molecule has 1 heterocycles. The zero-order valence-electron chi connectivity index (χ0n) is 17.1. The van der Waals surface area contributed by atoms with Gasteiger partial charge in [0.05, 0.1) is 30.4 Å². The summed E-state index contributed by atoms with van der Waals surface area (Å²) in [6, 6.07) is 23.5. The van der Waals surface area contributed by atoms with Crippen LogP contribution in [-0.2, 0) is 4.79 Å². The summed E-state index contributed by atoms with van der Waals surface area (Å²) in [7, 11) is 1.65. The molecule has 0 spiro atoms. The van der Waals surface area contributed by atoms with Crippen LogP contribution in [0.3, 0.4) is 0 Å². The van der Waals surface area contributed by atoms with E-state index >= 15 is 0 Å². The van der Waals surface area contributed by atoms with Crippen LogP contribution in [0.4, 0.5) is 11.4 Å². The fourth-order valence-electron chi connectivity index (χ4n) is 4.55. The average Bonchev–Trinajstić information content (AvgIpc) is 2.96. The third-order valence-corrected chi connectivity index (χ3v) is 6.32. The number of allylic oxidation sites excluding steroid dienone is 1. The summed E-state index contributed by atoms with van der Waals surface area (Å²) in [5.74, 6) is 0.710. The highest BCUT2D eigenvalue weighted by atomic mass is 35.5. The molecule has 3 unspecified atom stereocenters. The first-order valence-corrected chi connectivity index (χ1v) is 10.8. The van der Waals surface area contributed by atoms with Crippen molar-refractivity contribution in [3.05, 3.63) is 101 Å². The lowest BCUT2D eigenvalue weighted by atomic mass is 9.76. The number of hydrogen-bond acceptors (Lipinski definition) is 4. The standard InChI is InChI=1S/C26H23ClN2O2/c1-31-20-11-9-16(10-12-20)18-14-23-25(24(30)15-18)26(17-5-4-6-19(27)13-17)29-22-8-3-2-7-21(22)28-23/h2-14,18,25-26,28-29H,15H2,1H3. The largest absolute Gasteiger partial charge is 0.497 e. The van der Waals surface area contributed by atoms with Crippen LogP contribution in [-0.4, -0.2) is 12.9 Å². The molecule has 3 aromatic rings. The number of Topliss-reactive ketones (excluding diaryl/α,β-unsaturated/α-hetero) is 1. The molecule has 0 saturated carbocycles. The third-order valence-electron chi connectivity index (χ3n) is 6.09. The molecule has 4 nitrogen and oxygen atoms in total. The summed E-state index contributed by atoms with van der Waals surface area (Å²) in [4.78, 5) is 13.5. The summed E-state index contributed by atoms with van der Waals surface area (Å²) < 4.78 is 5.28. The van der Waals surface area contributed by atoms with Crippen molar-refractivity contribution in [1.82, 2.24) is 0 Å². The van der Waals surface area contributed by atoms with E-state index in [4.69, 9.17) is 16.3 Å². The lowest BCUT2D eigenvalue weighted by Crippen LogP contribution is -2.33. The zero-order chi connectivity index (χ0) is 21.4. The number of para-hydroxylation sites is 2. The van der Waals surface area contributed by atoms with Crippen molar-refractivity contribution >= 4 is 28.8 Å². The monoisotopic (exact) mass is 430 g/mol. The van der Waals surface area contributed by atoms with Crippen molar-refractivity contribution in [3.8, 4) is 5.75 Å². The molecule has 1 aliphatic heterocycles. The Balaban J connectivity index is 1.60. The van der Waals surface area contributed by atoms with Gasteiger partial charge >= 0.3 is 0 Å². The Morgan fingerprint density at radius 1 is 0.935 bits per heavy atom. The van der Waals surface area contributed by atoms with Gasteiger partial charge in [0.2, 0.25) is 0 Å². The van der Waals surface area contributed by atoms with Gasteiger partial charge in [-0.2, -0.15) is 0 Å². The van der Waals surface area contributed by atoms with E-state index in [1.54, 1.807) is 7.11 Å². The minimum atomic E-state index is -0.319. The van der Waals surface area contributed by atoms with Crippen molar-refractivity contribution in [3.63, 3.8) is 0 Å². The minimum absolute atomic E-state index is 0.0161. The number of halogens is 1. The van der Waals surface area contributed by atoms with Crippen LogP contribution < -0.4 is 15.4 Å². The number of ether oxygens (including phenoxy) is 1. The van der Waals surface area contributed by atoms with Crippen LogP contribution in [0.5, 0.6) is 5.75 Å². The molecular weight excluding hydrogens is 408 g/mol. The van der Waals surface area contributed by atoms with Crippen molar-refractivity contribution in [2.75, 3.05) is 17.7 Å². The molecule has 3 atom stereocenters. The van der Waals surface area contributed by atoms with Gasteiger partial charge in [-0.25, -0.2) is 0 Å². The molecule has 1 aliphatic carbocycles. The van der Waals surface area contributed by atoms with Gasteiger partial charge < -0.3 is 15.4 Å². The second kappa shape index (κ2) is 8.12. The number of carbonyl (C=O) groups excluding carboxylic acids is 1. The molecule has 5 heteroatoms. The van der Waals surface area contributed by atoms with Crippen LogP contribution in [0.15, 0.2) is 84.6 Å². The Bertz CT molecular complexity index is 1160. The Morgan fingerprint density at radius 3 is 2.45 bits per heavy atom. The Morgan fingerprint density at radius 2 is 1.71 bits per heavy atom. The first-order valence-electron chi connectivity index (χ1n) is 10.4. The maximum Gasteiger partial charge on any atom is 0.145 e. The lowest BCUT2D eigenvalue weighted by Gasteiger charge is -2.32. The van der Waals surface area contributed by atoms with Crippen LogP contribution >= 0.6 is 11.6 Å². The van der Waals surface area contributed by atoms with Gasteiger partial charge in [-0.1, -0.05) is 54.1 Å². The third kappa shape index (κ3) is 3.79. The summed E-state index contributed by atoms with van der Waals surface area (Å²) in [6.45, 7) is 0. The molecule has 0 aromatic heterocycles. The van der Waals surface area contributed by atoms with Crippen LogP contribution in [0, 0.1) is 5.92 Å². The van der Waals surface area contributed by atoms with Gasteiger partial charge in [-0.3, -0.25) is 4.79 Å². The smallest absolute Gasteiger partial charge is 0.145 e. The molecule has 3 aromatic carbocycles. The highest BCUT2D eigenvalue weighted by Gasteiger charge is 2.39. The number of nitrogens with one attached hydrogen (secondary N) is 2. The van der Waals surface area contributed by atoms with E-state index in [1.807, 2.05) is 72.8 Å². The Kier molecular flexibility index (Phi) is 5.16. The molecule has 31 heavy (non-hydrogen) atoms. The predicted octanol–water partition coefficient (Wildman–Crippen LogP) is 6.18. The molecule has 0 bridgehead atoms. The number of benzene rings is 3. The molecule has 0 fully saturated rings. The normalized spacial score (nSPS) is 22.2. The highest BCUT2D eigenvalue weighted by Crippen LogP contribution is 2.44. The SMILES string of the molecule is COc1ccc(C2C=C3Nc4ccccc4NC(c4cccc(Cl)c4)C3C(=O)C2)cc1. The van der Waals surface area contributed by atoms with Gasteiger partial charge in [0.15, 0.2) is 0 Å². The quantitative estimate of drug-likeness (QED) is 0.520. The van der Waals surface area contributed by atoms with E-state index in [0.717, 1.165) is 33.9 Å². The molecular formula is C26H23ClN2O2. The second-order valence-corrected chi connectivity index (χ2v) is 8.43. The maximum absolute atomic E-state index is 13.5. The number of fused-ring (bicyclic) bond motifs is 2. The van der Waals surface area contributed by atoms with Gasteiger partial charge in [-0.15, -0.1) is 0 Å². The number of methoxy groups -OCH3 is 1. The van der Waals surface area contributed by atoms with E-state index < -0.39 is 0 Å². The summed E-state index contributed by atoms with van der Waals surface area (Å²) in [6.07, 6.45) is 2.66. The van der Waals surface area contributed by atoms with Gasteiger partial charge in [0, 0.05) is 23.1 Å². The van der Waals surface area contributed by atoms with Crippen LogP contribution in [0.1, 0.15) is 29.5 Å². The van der Waals surface area contributed by atoms with Gasteiger partial charge in [0.1, 0.15) is 11.5 Å². The van der Waals surface area contributed by atoms with E-state index in [-0.39, 0.29) is 23.7 Å². The number of anilines is 2. The van der Waals surface area contributed by atoms with Crippen molar-refractivity contribution in [2.45, 2.75) is 18.4 Å². The number of carbonyl (C=O) groups is 1. The predicted molar refractivity (Wildman–Crippen MR) is 125 cm³/mol. The van der Waals surface area contributed by atoms with Crippen LogP contribution in [0.2, 0.25) is 5.02 Å². The molecule has 2 aliphatic rings. The molecule has 0 amide bonds. The first-order chi connectivity index (χ1) is 15.1. The molecule has 5 rings (SSSR count).